The highest BCUT2D eigenvalue weighted by molar-refractivity contribution is 5.65. The highest BCUT2D eigenvalue weighted by Gasteiger charge is 2.06. The maximum atomic E-state index is 10.6. The fourth-order valence-electron chi connectivity index (χ4n) is 1.07. The van der Waals surface area contributed by atoms with E-state index in [1.807, 2.05) is 34.6 Å². The molecule has 16 heavy (non-hydrogen) atoms. The van der Waals surface area contributed by atoms with E-state index in [0.717, 1.165) is 22.8 Å². The lowest BCUT2D eigenvalue weighted by molar-refractivity contribution is -0.142. The van der Waals surface area contributed by atoms with Gasteiger partial charge in [0.2, 0.25) is 0 Å². The lowest BCUT2D eigenvalue weighted by Crippen LogP contribution is -2.06. The number of carbonyl (C=O) groups is 1. The normalized spacial score (nSPS) is 9.12. The predicted octanol–water partition coefficient (Wildman–Crippen LogP) is 2.49. The van der Waals surface area contributed by atoms with Gasteiger partial charge in [-0.3, -0.25) is 14.8 Å². The Balaban J connectivity index is 0.00000106. The van der Waals surface area contributed by atoms with Gasteiger partial charge < -0.3 is 4.74 Å². The molecule has 0 aliphatic carbocycles. The van der Waals surface area contributed by atoms with Crippen molar-refractivity contribution in [3.63, 3.8) is 0 Å². The molecule has 0 saturated heterocycles. The summed E-state index contributed by atoms with van der Waals surface area (Å²) in [6.45, 7) is 11.2. The van der Waals surface area contributed by atoms with Gasteiger partial charge in [0, 0.05) is 6.92 Å². The molecule has 0 N–H and O–H groups in total. The van der Waals surface area contributed by atoms with Crippen LogP contribution in [0.4, 0.5) is 0 Å². The SMILES string of the molecule is CC.CC(=O)OCc1nc(C)c(C)nc1C. The molecular weight excluding hydrogens is 204 g/mol. The van der Waals surface area contributed by atoms with Crippen molar-refractivity contribution in [3.05, 3.63) is 22.8 Å². The fourth-order valence-corrected chi connectivity index (χ4v) is 1.07. The van der Waals surface area contributed by atoms with E-state index >= 15 is 0 Å². The first-order valence-corrected chi connectivity index (χ1v) is 5.44. The highest BCUT2D eigenvalue weighted by atomic mass is 16.5. The van der Waals surface area contributed by atoms with Crippen molar-refractivity contribution in [2.24, 2.45) is 0 Å². The van der Waals surface area contributed by atoms with Crippen LogP contribution in [0.15, 0.2) is 0 Å². The predicted molar refractivity (Wildman–Crippen MR) is 63.1 cm³/mol. The molecule has 0 aliphatic heterocycles. The Labute approximate surface area is 97.1 Å². The molecule has 0 atom stereocenters. The summed E-state index contributed by atoms with van der Waals surface area (Å²) < 4.78 is 4.86. The van der Waals surface area contributed by atoms with Crippen LogP contribution in [-0.2, 0) is 16.1 Å². The topological polar surface area (TPSA) is 52.1 Å². The average Bonchev–Trinajstić information content (AvgIpc) is 2.24. The van der Waals surface area contributed by atoms with Crippen LogP contribution in [-0.4, -0.2) is 15.9 Å². The Kier molecular flexibility index (Phi) is 6.30. The first-order valence-electron chi connectivity index (χ1n) is 5.44. The highest BCUT2D eigenvalue weighted by Crippen LogP contribution is 2.07. The van der Waals surface area contributed by atoms with E-state index in [0.29, 0.717) is 0 Å². The van der Waals surface area contributed by atoms with Gasteiger partial charge >= 0.3 is 5.97 Å². The van der Waals surface area contributed by atoms with Crippen molar-refractivity contribution in [1.82, 2.24) is 9.97 Å². The molecule has 0 unspecified atom stereocenters. The Hall–Kier alpha value is -1.45. The van der Waals surface area contributed by atoms with Gasteiger partial charge in [-0.05, 0) is 20.8 Å². The Morgan fingerprint density at radius 1 is 1.06 bits per heavy atom. The zero-order valence-corrected chi connectivity index (χ0v) is 10.9. The summed E-state index contributed by atoms with van der Waals surface area (Å²) in [7, 11) is 0. The van der Waals surface area contributed by atoms with Crippen LogP contribution in [0, 0.1) is 20.8 Å². The van der Waals surface area contributed by atoms with E-state index in [1.54, 1.807) is 0 Å². The lowest BCUT2D eigenvalue weighted by atomic mass is 10.3. The minimum Gasteiger partial charge on any atom is -0.459 e. The molecule has 1 heterocycles. The molecule has 0 aliphatic rings. The van der Waals surface area contributed by atoms with Crippen molar-refractivity contribution in [3.8, 4) is 0 Å². The van der Waals surface area contributed by atoms with Gasteiger partial charge in [-0.15, -0.1) is 0 Å². The molecule has 0 fully saturated rings. The van der Waals surface area contributed by atoms with Gasteiger partial charge in [0.1, 0.15) is 6.61 Å². The number of aromatic nitrogens is 2. The summed E-state index contributed by atoms with van der Waals surface area (Å²) in [5.74, 6) is -0.301. The molecule has 0 aromatic carbocycles. The molecule has 0 bridgehead atoms. The molecule has 4 nitrogen and oxygen atoms in total. The quantitative estimate of drug-likeness (QED) is 0.724. The summed E-state index contributed by atoms with van der Waals surface area (Å²) >= 11 is 0. The number of esters is 1. The molecule has 0 saturated carbocycles. The molecule has 1 aromatic heterocycles. The van der Waals surface area contributed by atoms with Gasteiger partial charge in [0.15, 0.2) is 0 Å². The van der Waals surface area contributed by atoms with E-state index in [2.05, 4.69) is 9.97 Å². The Bertz CT molecular complexity index is 362. The number of nitrogens with zero attached hydrogens (tertiary/aromatic N) is 2. The van der Waals surface area contributed by atoms with E-state index in [1.165, 1.54) is 6.92 Å². The monoisotopic (exact) mass is 224 g/mol. The van der Waals surface area contributed by atoms with Crippen molar-refractivity contribution in [1.29, 1.82) is 0 Å². The summed E-state index contributed by atoms with van der Waals surface area (Å²) in [5, 5.41) is 0. The van der Waals surface area contributed by atoms with Crippen LogP contribution in [0.25, 0.3) is 0 Å². The largest absolute Gasteiger partial charge is 0.459 e. The van der Waals surface area contributed by atoms with Crippen LogP contribution < -0.4 is 0 Å². The van der Waals surface area contributed by atoms with Crippen LogP contribution in [0.2, 0.25) is 0 Å². The third-order valence-electron chi connectivity index (χ3n) is 1.99. The molecular formula is C12H20N2O2. The standard InChI is InChI=1S/C10H14N2O2.C2H6/c1-6-7(2)12-10(8(3)11-6)5-14-9(4)13;1-2/h5H2,1-4H3;1-2H3. The Morgan fingerprint density at radius 2 is 1.56 bits per heavy atom. The number of aryl methyl sites for hydroxylation is 3. The second-order valence-electron chi connectivity index (χ2n) is 3.21. The van der Waals surface area contributed by atoms with Crippen LogP contribution >= 0.6 is 0 Å². The number of carbonyl (C=O) groups excluding carboxylic acids is 1. The van der Waals surface area contributed by atoms with Gasteiger partial charge in [-0.25, -0.2) is 0 Å². The van der Waals surface area contributed by atoms with Gasteiger partial charge in [-0.1, -0.05) is 13.8 Å². The van der Waals surface area contributed by atoms with Gasteiger partial charge in [-0.2, -0.15) is 0 Å². The number of ether oxygens (including phenoxy) is 1. The first kappa shape index (κ1) is 14.6. The third kappa shape index (κ3) is 4.38. The molecule has 0 amide bonds. The third-order valence-corrected chi connectivity index (χ3v) is 1.99. The summed E-state index contributed by atoms with van der Waals surface area (Å²) in [5.41, 5.74) is 3.32. The zero-order valence-electron chi connectivity index (χ0n) is 10.9. The van der Waals surface area contributed by atoms with Crippen LogP contribution in [0.5, 0.6) is 0 Å². The minimum absolute atomic E-state index is 0.204. The first-order chi connectivity index (χ1) is 7.50. The summed E-state index contributed by atoms with van der Waals surface area (Å²) in [4.78, 5) is 19.2. The zero-order chi connectivity index (χ0) is 12.7. The average molecular weight is 224 g/mol. The second-order valence-corrected chi connectivity index (χ2v) is 3.21. The maximum Gasteiger partial charge on any atom is 0.303 e. The van der Waals surface area contributed by atoms with Gasteiger partial charge in [0.25, 0.3) is 0 Å². The maximum absolute atomic E-state index is 10.6. The van der Waals surface area contributed by atoms with Crippen molar-refractivity contribution >= 4 is 5.97 Å². The van der Waals surface area contributed by atoms with Crippen molar-refractivity contribution in [2.75, 3.05) is 0 Å². The van der Waals surface area contributed by atoms with Crippen molar-refractivity contribution in [2.45, 2.75) is 48.1 Å². The summed E-state index contributed by atoms with van der Waals surface area (Å²) in [6, 6.07) is 0. The van der Waals surface area contributed by atoms with Crippen LogP contribution in [0.3, 0.4) is 0 Å². The van der Waals surface area contributed by atoms with Crippen molar-refractivity contribution < 1.29 is 9.53 Å². The van der Waals surface area contributed by atoms with E-state index in [9.17, 15) is 4.79 Å². The fraction of sp³-hybridized carbons (Fsp3) is 0.583. The molecule has 1 aromatic rings. The number of rotatable bonds is 2. The van der Waals surface area contributed by atoms with Crippen LogP contribution in [0.1, 0.15) is 43.5 Å². The second kappa shape index (κ2) is 6.93. The number of hydrogen-bond acceptors (Lipinski definition) is 4. The smallest absolute Gasteiger partial charge is 0.303 e. The number of hydrogen-bond donors (Lipinski definition) is 0. The lowest BCUT2D eigenvalue weighted by Gasteiger charge is -2.07. The minimum atomic E-state index is -0.301. The molecule has 90 valence electrons. The summed E-state index contributed by atoms with van der Waals surface area (Å²) in [6.07, 6.45) is 0. The molecule has 0 spiro atoms. The molecule has 1 rings (SSSR count). The van der Waals surface area contributed by atoms with E-state index in [-0.39, 0.29) is 12.6 Å². The molecule has 4 heteroatoms. The van der Waals surface area contributed by atoms with E-state index < -0.39 is 0 Å². The Morgan fingerprint density at radius 3 is 2.06 bits per heavy atom. The van der Waals surface area contributed by atoms with E-state index in [4.69, 9.17) is 4.74 Å². The molecule has 0 radical (unpaired) electrons. The van der Waals surface area contributed by atoms with Gasteiger partial charge in [0.05, 0.1) is 22.8 Å².